The van der Waals surface area contributed by atoms with Crippen LogP contribution in [-0.4, -0.2) is 19.2 Å². The zero-order valence-electron chi connectivity index (χ0n) is 15.4. The van der Waals surface area contributed by atoms with E-state index in [0.29, 0.717) is 29.7 Å². The molecule has 0 aliphatic carbocycles. The summed E-state index contributed by atoms with van der Waals surface area (Å²) >= 11 is 6.27. The summed E-state index contributed by atoms with van der Waals surface area (Å²) in [6.07, 6.45) is 0. The van der Waals surface area contributed by atoms with Crippen molar-refractivity contribution in [2.24, 2.45) is 0 Å². The summed E-state index contributed by atoms with van der Waals surface area (Å²) in [4.78, 5) is 12.5. The molecule has 0 unspecified atom stereocenters. The van der Waals surface area contributed by atoms with E-state index in [2.05, 4.69) is 10.6 Å². The summed E-state index contributed by atoms with van der Waals surface area (Å²) in [5, 5.41) is 6.37. The van der Waals surface area contributed by atoms with E-state index in [1.54, 1.807) is 0 Å². The fourth-order valence-corrected chi connectivity index (χ4v) is 3.38. The van der Waals surface area contributed by atoms with E-state index in [9.17, 15) is 4.79 Å². The Hall–Kier alpha value is -2.40. The van der Waals surface area contributed by atoms with E-state index in [4.69, 9.17) is 21.1 Å². The maximum atomic E-state index is 12.5. The first-order valence-corrected chi connectivity index (χ1v) is 8.90. The molecule has 2 aromatic rings. The molecule has 0 aromatic heterocycles. The Morgan fingerprint density at radius 1 is 1.08 bits per heavy atom. The van der Waals surface area contributed by atoms with Gasteiger partial charge in [0.2, 0.25) is 0 Å². The van der Waals surface area contributed by atoms with Crippen LogP contribution in [0.3, 0.4) is 0 Å². The Balaban J connectivity index is 1.76. The SMILES string of the molecule is Cc1cc(C)c(NC(=O)NC(C)(C)c2ccc3c(c2)OCCO3)c(Cl)c1. The van der Waals surface area contributed by atoms with Gasteiger partial charge in [-0.2, -0.15) is 0 Å². The molecule has 0 fully saturated rings. The molecule has 1 heterocycles. The average Bonchev–Trinajstić information content (AvgIpc) is 2.57. The third-order valence-electron chi connectivity index (χ3n) is 4.36. The van der Waals surface area contributed by atoms with Gasteiger partial charge in [-0.25, -0.2) is 4.79 Å². The monoisotopic (exact) mass is 374 g/mol. The molecule has 2 aromatic carbocycles. The molecule has 2 N–H and O–H groups in total. The minimum Gasteiger partial charge on any atom is -0.486 e. The lowest BCUT2D eigenvalue weighted by Gasteiger charge is -2.29. The first kappa shape index (κ1) is 18.4. The number of hydrogen-bond donors (Lipinski definition) is 2. The highest BCUT2D eigenvalue weighted by Crippen LogP contribution is 2.34. The van der Waals surface area contributed by atoms with E-state index < -0.39 is 5.54 Å². The number of amides is 2. The zero-order chi connectivity index (χ0) is 18.9. The maximum absolute atomic E-state index is 12.5. The van der Waals surface area contributed by atoms with Crippen LogP contribution < -0.4 is 20.1 Å². The van der Waals surface area contributed by atoms with Gasteiger partial charge in [0.15, 0.2) is 11.5 Å². The highest BCUT2D eigenvalue weighted by Gasteiger charge is 2.25. The van der Waals surface area contributed by atoms with Gasteiger partial charge in [-0.1, -0.05) is 23.7 Å². The van der Waals surface area contributed by atoms with Crippen LogP contribution in [0, 0.1) is 13.8 Å². The fraction of sp³-hybridized carbons (Fsp3) is 0.350. The summed E-state index contributed by atoms with van der Waals surface area (Å²) in [6.45, 7) is 8.82. The normalized spacial score (nSPS) is 13.3. The molecule has 2 amide bonds. The molecule has 0 bridgehead atoms. The largest absolute Gasteiger partial charge is 0.486 e. The third kappa shape index (κ3) is 3.88. The van der Waals surface area contributed by atoms with Gasteiger partial charge < -0.3 is 20.1 Å². The Kier molecular flexibility index (Phi) is 5.01. The van der Waals surface area contributed by atoms with Gasteiger partial charge in [-0.3, -0.25) is 0 Å². The molecule has 0 spiro atoms. The second kappa shape index (κ2) is 7.08. The van der Waals surface area contributed by atoms with Gasteiger partial charge in [-0.05, 0) is 62.6 Å². The average molecular weight is 375 g/mol. The van der Waals surface area contributed by atoms with Crippen molar-refractivity contribution < 1.29 is 14.3 Å². The number of carbonyl (C=O) groups is 1. The maximum Gasteiger partial charge on any atom is 0.319 e. The number of benzene rings is 2. The van der Waals surface area contributed by atoms with Gasteiger partial charge in [-0.15, -0.1) is 0 Å². The first-order valence-electron chi connectivity index (χ1n) is 8.52. The molecule has 3 rings (SSSR count). The van der Waals surface area contributed by atoms with Gasteiger partial charge in [0.25, 0.3) is 0 Å². The van der Waals surface area contributed by atoms with E-state index in [-0.39, 0.29) is 6.03 Å². The molecule has 0 radical (unpaired) electrons. The third-order valence-corrected chi connectivity index (χ3v) is 4.66. The van der Waals surface area contributed by atoms with Gasteiger partial charge in [0.1, 0.15) is 13.2 Å². The van der Waals surface area contributed by atoms with Crippen molar-refractivity contribution >= 4 is 23.3 Å². The number of hydrogen-bond acceptors (Lipinski definition) is 3. The topological polar surface area (TPSA) is 59.6 Å². The van der Waals surface area contributed by atoms with Crippen LogP contribution in [0.4, 0.5) is 10.5 Å². The molecule has 0 saturated heterocycles. The van der Waals surface area contributed by atoms with Crippen molar-refractivity contribution in [3.63, 3.8) is 0 Å². The molecule has 6 heteroatoms. The lowest BCUT2D eigenvalue weighted by atomic mass is 9.94. The fourth-order valence-electron chi connectivity index (χ4n) is 3.01. The summed E-state index contributed by atoms with van der Waals surface area (Å²) in [7, 11) is 0. The number of carbonyl (C=O) groups excluding carboxylic acids is 1. The predicted octanol–water partition coefficient (Wildman–Crippen LogP) is 4.78. The zero-order valence-corrected chi connectivity index (χ0v) is 16.2. The van der Waals surface area contributed by atoms with Crippen LogP contribution in [0.25, 0.3) is 0 Å². The van der Waals surface area contributed by atoms with Crippen molar-refractivity contribution in [1.29, 1.82) is 0 Å². The van der Waals surface area contributed by atoms with Crippen LogP contribution >= 0.6 is 11.6 Å². The Labute approximate surface area is 158 Å². The van der Waals surface area contributed by atoms with Crippen molar-refractivity contribution in [3.05, 3.63) is 52.0 Å². The molecule has 26 heavy (non-hydrogen) atoms. The highest BCUT2D eigenvalue weighted by molar-refractivity contribution is 6.34. The highest BCUT2D eigenvalue weighted by atomic mass is 35.5. The van der Waals surface area contributed by atoms with E-state index in [1.165, 1.54) is 0 Å². The van der Waals surface area contributed by atoms with Crippen LogP contribution in [0.15, 0.2) is 30.3 Å². The number of aryl methyl sites for hydroxylation is 2. The molecular formula is C20H23ClN2O3. The number of fused-ring (bicyclic) bond motifs is 1. The minimum absolute atomic E-state index is 0.321. The second-order valence-corrected chi connectivity index (χ2v) is 7.41. The Morgan fingerprint density at radius 3 is 2.46 bits per heavy atom. The van der Waals surface area contributed by atoms with Crippen molar-refractivity contribution in [1.82, 2.24) is 5.32 Å². The summed E-state index contributed by atoms with van der Waals surface area (Å²) in [5.74, 6) is 1.42. The van der Waals surface area contributed by atoms with Crippen LogP contribution in [0.5, 0.6) is 11.5 Å². The molecule has 0 saturated carbocycles. The molecule has 138 valence electrons. The summed E-state index contributed by atoms with van der Waals surface area (Å²) in [5.41, 5.74) is 2.90. The summed E-state index contributed by atoms with van der Waals surface area (Å²) < 4.78 is 11.2. The van der Waals surface area contributed by atoms with Crippen LogP contribution in [0.2, 0.25) is 5.02 Å². The van der Waals surface area contributed by atoms with Crippen LogP contribution in [-0.2, 0) is 5.54 Å². The number of halogens is 1. The Bertz CT molecular complexity index is 826. The van der Waals surface area contributed by atoms with E-state index in [0.717, 1.165) is 22.4 Å². The predicted molar refractivity (Wildman–Crippen MR) is 104 cm³/mol. The van der Waals surface area contributed by atoms with E-state index in [1.807, 2.05) is 58.0 Å². The van der Waals surface area contributed by atoms with Crippen molar-refractivity contribution in [2.75, 3.05) is 18.5 Å². The number of anilines is 1. The minimum atomic E-state index is -0.606. The lowest BCUT2D eigenvalue weighted by molar-refractivity contribution is 0.171. The lowest BCUT2D eigenvalue weighted by Crippen LogP contribution is -2.43. The number of rotatable bonds is 3. The van der Waals surface area contributed by atoms with Gasteiger partial charge in [0, 0.05) is 0 Å². The van der Waals surface area contributed by atoms with Crippen LogP contribution in [0.1, 0.15) is 30.5 Å². The molecular weight excluding hydrogens is 352 g/mol. The second-order valence-electron chi connectivity index (χ2n) is 7.00. The van der Waals surface area contributed by atoms with Gasteiger partial charge in [0.05, 0.1) is 16.2 Å². The molecule has 1 aliphatic heterocycles. The summed E-state index contributed by atoms with van der Waals surface area (Å²) in [6, 6.07) is 9.19. The van der Waals surface area contributed by atoms with E-state index >= 15 is 0 Å². The molecule has 0 atom stereocenters. The molecule has 5 nitrogen and oxygen atoms in total. The standard InChI is InChI=1S/C20H23ClN2O3/c1-12-9-13(2)18(15(21)10-12)22-19(24)23-20(3,4)14-5-6-16-17(11-14)26-8-7-25-16/h5-6,9-11H,7-8H2,1-4H3,(H2,22,23,24). The first-order chi connectivity index (χ1) is 12.3. The van der Waals surface area contributed by atoms with Gasteiger partial charge >= 0.3 is 6.03 Å². The van der Waals surface area contributed by atoms with Crippen molar-refractivity contribution in [2.45, 2.75) is 33.2 Å². The quantitative estimate of drug-likeness (QED) is 0.812. The number of ether oxygens (including phenoxy) is 2. The smallest absolute Gasteiger partial charge is 0.319 e. The number of nitrogens with one attached hydrogen (secondary N) is 2. The number of urea groups is 1. The van der Waals surface area contributed by atoms with Crippen molar-refractivity contribution in [3.8, 4) is 11.5 Å². The Morgan fingerprint density at radius 2 is 1.77 bits per heavy atom. The molecule has 1 aliphatic rings.